The molecule has 2 rings (SSSR count). The molecule has 4 nitrogen and oxygen atoms in total. The Morgan fingerprint density at radius 2 is 1.95 bits per heavy atom. The van der Waals surface area contributed by atoms with E-state index in [1.54, 1.807) is 6.92 Å². The lowest BCUT2D eigenvalue weighted by atomic mass is 9.92. The zero-order valence-electron chi connectivity index (χ0n) is 11.3. The molecule has 108 valence electrons. The average Bonchev–Trinajstić information content (AvgIpc) is 2.64. The van der Waals surface area contributed by atoms with Gasteiger partial charge in [-0.25, -0.2) is 4.98 Å². The molecule has 1 atom stereocenters. The third-order valence-electron chi connectivity index (χ3n) is 3.14. The van der Waals surface area contributed by atoms with Gasteiger partial charge in [0, 0.05) is 11.9 Å². The first-order valence-electron chi connectivity index (χ1n) is 6.14. The van der Waals surface area contributed by atoms with Crippen molar-refractivity contribution in [3.05, 3.63) is 23.9 Å². The highest BCUT2D eigenvalue weighted by Gasteiger charge is 2.37. The molecule has 0 saturated carbocycles. The lowest BCUT2D eigenvalue weighted by Gasteiger charge is -2.16. The van der Waals surface area contributed by atoms with Gasteiger partial charge in [0.2, 0.25) is 0 Å². The highest BCUT2D eigenvalue weighted by Crippen LogP contribution is 2.31. The predicted octanol–water partition coefficient (Wildman–Crippen LogP) is 3.10. The Labute approximate surface area is 114 Å². The van der Waals surface area contributed by atoms with Crippen molar-refractivity contribution in [2.45, 2.75) is 26.9 Å². The van der Waals surface area contributed by atoms with Crippen molar-refractivity contribution in [1.82, 2.24) is 4.98 Å². The topological polar surface area (TPSA) is 45.6 Å². The second kappa shape index (κ2) is 4.88. The molecule has 0 spiro atoms. The van der Waals surface area contributed by atoms with Gasteiger partial charge in [0.15, 0.2) is 5.82 Å². The number of rotatable bonds is 2. The molecule has 0 aliphatic carbocycles. The van der Waals surface area contributed by atoms with E-state index in [0.29, 0.717) is 11.9 Å². The Morgan fingerprint density at radius 3 is 2.35 bits per heavy atom. The van der Waals surface area contributed by atoms with Crippen LogP contribution in [0.5, 0.6) is 0 Å². The van der Waals surface area contributed by atoms with Crippen LogP contribution in [0.25, 0.3) is 0 Å². The summed E-state index contributed by atoms with van der Waals surface area (Å²) >= 11 is 0. The van der Waals surface area contributed by atoms with Crippen LogP contribution in [0.4, 0.5) is 19.0 Å². The van der Waals surface area contributed by atoms with E-state index < -0.39 is 11.7 Å². The number of anilines is 1. The van der Waals surface area contributed by atoms with Gasteiger partial charge in [-0.05, 0) is 25.0 Å². The van der Waals surface area contributed by atoms with Gasteiger partial charge in [-0.2, -0.15) is 23.3 Å². The van der Waals surface area contributed by atoms with Gasteiger partial charge in [-0.15, -0.1) is 0 Å². The third kappa shape index (κ3) is 2.52. The van der Waals surface area contributed by atoms with Crippen LogP contribution in [-0.4, -0.2) is 16.6 Å². The number of alkyl halides is 3. The molecule has 1 aliphatic heterocycles. The molecule has 0 aromatic carbocycles. The normalized spacial score (nSPS) is 19.8. The van der Waals surface area contributed by atoms with Crippen molar-refractivity contribution < 1.29 is 18.0 Å². The second-order valence-corrected chi connectivity index (χ2v) is 5.02. The van der Waals surface area contributed by atoms with Crippen LogP contribution < -0.4 is 5.01 Å². The molecule has 7 heteroatoms. The Balaban J connectivity index is 2.28. The van der Waals surface area contributed by atoms with Gasteiger partial charge in [0.1, 0.15) is 0 Å². The number of pyridine rings is 1. The molecule has 0 bridgehead atoms. The van der Waals surface area contributed by atoms with Crippen LogP contribution in [0, 0.1) is 11.8 Å². The van der Waals surface area contributed by atoms with Crippen molar-refractivity contribution in [2.24, 2.45) is 16.9 Å². The zero-order chi connectivity index (χ0) is 15.1. The first-order chi connectivity index (χ1) is 9.21. The average molecular weight is 285 g/mol. The summed E-state index contributed by atoms with van der Waals surface area (Å²) < 4.78 is 37.4. The lowest BCUT2D eigenvalue weighted by molar-refractivity contribution is -0.137. The van der Waals surface area contributed by atoms with Crippen LogP contribution in [0.2, 0.25) is 0 Å². The minimum atomic E-state index is -4.44. The van der Waals surface area contributed by atoms with Gasteiger partial charge in [-0.3, -0.25) is 4.79 Å². The number of carbonyl (C=O) groups is 1. The maximum atomic E-state index is 12.5. The number of hydrogen-bond donors (Lipinski definition) is 0. The van der Waals surface area contributed by atoms with E-state index >= 15 is 0 Å². The van der Waals surface area contributed by atoms with Gasteiger partial charge in [-0.1, -0.05) is 13.8 Å². The van der Waals surface area contributed by atoms with Gasteiger partial charge >= 0.3 is 6.18 Å². The second-order valence-electron chi connectivity index (χ2n) is 5.02. The molecule has 0 fully saturated rings. The number of nitrogens with zero attached hydrogens (tertiary/aromatic N) is 3. The minimum absolute atomic E-state index is 0.0747. The van der Waals surface area contributed by atoms with Crippen molar-refractivity contribution in [1.29, 1.82) is 0 Å². The number of hydrogen-bond acceptors (Lipinski definition) is 3. The van der Waals surface area contributed by atoms with E-state index in [9.17, 15) is 18.0 Å². The fourth-order valence-corrected chi connectivity index (χ4v) is 2.19. The highest BCUT2D eigenvalue weighted by atomic mass is 19.4. The largest absolute Gasteiger partial charge is 0.417 e. The zero-order valence-corrected chi connectivity index (χ0v) is 11.3. The van der Waals surface area contributed by atoms with Gasteiger partial charge in [0.05, 0.1) is 11.5 Å². The molecular formula is C13H14F3N3O. The number of halogens is 3. The summed E-state index contributed by atoms with van der Waals surface area (Å²) in [4.78, 5) is 15.9. The molecule has 0 radical (unpaired) electrons. The number of carbonyl (C=O) groups excluding carboxylic acids is 1. The summed E-state index contributed by atoms with van der Waals surface area (Å²) in [5, 5.41) is 5.16. The summed E-state index contributed by atoms with van der Waals surface area (Å²) in [5.41, 5.74) is -0.208. The SMILES string of the molecule is CC1=NN(c2ccc(C(F)(F)F)cn2)C(=O)C1C(C)C. The maximum Gasteiger partial charge on any atom is 0.417 e. The molecule has 1 aliphatic rings. The highest BCUT2D eigenvalue weighted by molar-refractivity contribution is 6.14. The van der Waals surface area contributed by atoms with Crippen molar-refractivity contribution >= 4 is 17.4 Å². The van der Waals surface area contributed by atoms with Crippen LogP contribution in [0.3, 0.4) is 0 Å². The van der Waals surface area contributed by atoms with Crippen LogP contribution in [0.1, 0.15) is 26.3 Å². The van der Waals surface area contributed by atoms with E-state index in [1.165, 1.54) is 0 Å². The molecule has 0 N–H and O–H groups in total. The molecule has 20 heavy (non-hydrogen) atoms. The van der Waals surface area contributed by atoms with E-state index in [1.807, 2.05) is 13.8 Å². The maximum absolute atomic E-state index is 12.5. The summed E-state index contributed by atoms with van der Waals surface area (Å²) in [6.45, 7) is 5.52. The number of aromatic nitrogens is 1. The Kier molecular flexibility index (Phi) is 3.54. The fraction of sp³-hybridized carbons (Fsp3) is 0.462. The molecule has 1 aromatic heterocycles. The van der Waals surface area contributed by atoms with E-state index in [0.717, 1.165) is 17.1 Å². The van der Waals surface area contributed by atoms with Crippen LogP contribution >= 0.6 is 0 Å². The molecule has 1 aromatic rings. The first-order valence-corrected chi connectivity index (χ1v) is 6.14. The summed E-state index contributed by atoms with van der Waals surface area (Å²) in [6, 6.07) is 2.05. The third-order valence-corrected chi connectivity index (χ3v) is 3.14. The van der Waals surface area contributed by atoms with Gasteiger partial charge < -0.3 is 0 Å². The first kappa shape index (κ1) is 14.5. The smallest absolute Gasteiger partial charge is 0.272 e. The van der Waals surface area contributed by atoms with Crippen LogP contribution in [0.15, 0.2) is 23.4 Å². The summed E-state index contributed by atoms with van der Waals surface area (Å²) in [7, 11) is 0. The van der Waals surface area contributed by atoms with E-state index in [2.05, 4.69) is 10.1 Å². The lowest BCUT2D eigenvalue weighted by Crippen LogP contribution is -2.30. The predicted molar refractivity (Wildman–Crippen MR) is 68.2 cm³/mol. The molecule has 0 saturated heterocycles. The van der Waals surface area contributed by atoms with Crippen LogP contribution in [-0.2, 0) is 11.0 Å². The Hall–Kier alpha value is -1.92. The molecule has 2 heterocycles. The van der Waals surface area contributed by atoms with Crippen molar-refractivity contribution in [3.63, 3.8) is 0 Å². The summed E-state index contributed by atoms with van der Waals surface area (Å²) in [5.74, 6) is -0.431. The quantitative estimate of drug-likeness (QED) is 0.838. The Morgan fingerprint density at radius 1 is 1.30 bits per heavy atom. The number of hydrazone groups is 1. The van der Waals surface area contributed by atoms with E-state index in [-0.39, 0.29) is 23.6 Å². The molecular weight excluding hydrogens is 271 g/mol. The molecule has 1 amide bonds. The monoisotopic (exact) mass is 285 g/mol. The molecule has 1 unspecified atom stereocenters. The van der Waals surface area contributed by atoms with E-state index in [4.69, 9.17) is 0 Å². The fourth-order valence-electron chi connectivity index (χ4n) is 2.19. The summed E-state index contributed by atoms with van der Waals surface area (Å²) in [6.07, 6.45) is -3.74. The van der Waals surface area contributed by atoms with Crippen molar-refractivity contribution in [2.75, 3.05) is 5.01 Å². The standard InChI is InChI=1S/C13H14F3N3O/c1-7(2)11-8(3)18-19(12(11)20)10-5-4-9(6-17-10)13(14,15)16/h4-7,11H,1-3H3. The van der Waals surface area contributed by atoms with Crippen molar-refractivity contribution in [3.8, 4) is 0 Å². The minimum Gasteiger partial charge on any atom is -0.272 e. The van der Waals surface area contributed by atoms with Gasteiger partial charge in [0.25, 0.3) is 5.91 Å². The Bertz CT molecular complexity index is 549. The number of amides is 1.